The fourth-order valence-electron chi connectivity index (χ4n) is 6.58. The molecule has 0 aliphatic heterocycles. The van der Waals surface area contributed by atoms with Crippen molar-refractivity contribution in [2.24, 2.45) is 17.8 Å². The highest BCUT2D eigenvalue weighted by Crippen LogP contribution is 2.57. The number of nitrogens with zero attached hydrogens (tertiary/aromatic N) is 2. The molecule has 1 aromatic heterocycles. The molecule has 4 nitrogen and oxygen atoms in total. The van der Waals surface area contributed by atoms with Crippen molar-refractivity contribution in [3.8, 4) is 0 Å². The summed E-state index contributed by atoms with van der Waals surface area (Å²) < 4.78 is 7.77. The molecule has 0 atom stereocenters. The average molecular weight is 330 g/mol. The van der Waals surface area contributed by atoms with E-state index in [1.54, 1.807) is 6.20 Å². The van der Waals surface area contributed by atoms with Gasteiger partial charge in [-0.15, -0.1) is 0 Å². The van der Waals surface area contributed by atoms with Crippen molar-refractivity contribution in [1.29, 1.82) is 0 Å². The minimum Gasteiger partial charge on any atom is -0.427 e. The van der Waals surface area contributed by atoms with Gasteiger partial charge >= 0.3 is 0 Å². The number of hydrogen-bond donors (Lipinski definition) is 1. The van der Waals surface area contributed by atoms with Crippen molar-refractivity contribution in [3.63, 3.8) is 0 Å². The van der Waals surface area contributed by atoms with Gasteiger partial charge < -0.3 is 9.94 Å². The first-order valence-electron chi connectivity index (χ1n) is 10.1. The van der Waals surface area contributed by atoms with Crippen LogP contribution in [0.1, 0.15) is 88.1 Å². The van der Waals surface area contributed by atoms with Crippen molar-refractivity contribution in [3.05, 3.63) is 17.7 Å². The molecule has 132 valence electrons. The average Bonchev–Trinajstić information content (AvgIpc) is 2.94. The summed E-state index contributed by atoms with van der Waals surface area (Å²) in [6.07, 6.45) is 16.1. The minimum atomic E-state index is 0.124. The van der Waals surface area contributed by atoms with Gasteiger partial charge in [0.2, 0.25) is 0 Å². The van der Waals surface area contributed by atoms with Gasteiger partial charge in [-0.25, -0.2) is 4.98 Å². The van der Waals surface area contributed by atoms with Crippen LogP contribution in [0.3, 0.4) is 0 Å². The van der Waals surface area contributed by atoms with Crippen LogP contribution in [0.25, 0.3) is 0 Å². The van der Waals surface area contributed by atoms with Gasteiger partial charge in [-0.1, -0.05) is 19.3 Å². The highest BCUT2D eigenvalue weighted by Gasteiger charge is 2.51. The lowest BCUT2D eigenvalue weighted by Gasteiger charge is -2.56. The van der Waals surface area contributed by atoms with Crippen LogP contribution >= 0.6 is 0 Å². The molecule has 5 fully saturated rings. The van der Waals surface area contributed by atoms with E-state index in [0.717, 1.165) is 42.1 Å². The number of hydrogen-bond acceptors (Lipinski definition) is 3. The van der Waals surface area contributed by atoms with Gasteiger partial charge in [0.1, 0.15) is 5.82 Å². The Morgan fingerprint density at radius 1 is 1.04 bits per heavy atom. The molecule has 1 heterocycles. The van der Waals surface area contributed by atoms with Crippen molar-refractivity contribution in [1.82, 2.24) is 9.71 Å². The zero-order chi connectivity index (χ0) is 16.1. The predicted octanol–water partition coefficient (Wildman–Crippen LogP) is 4.65. The smallest absolute Gasteiger partial charge is 0.147 e. The van der Waals surface area contributed by atoms with Crippen LogP contribution in [-0.2, 0) is 11.3 Å². The molecular weight excluding hydrogens is 300 g/mol. The minimum absolute atomic E-state index is 0.124. The van der Waals surface area contributed by atoms with Crippen molar-refractivity contribution in [2.45, 2.75) is 88.8 Å². The molecule has 4 bridgehead atoms. The van der Waals surface area contributed by atoms with Crippen LogP contribution in [-0.4, -0.2) is 20.5 Å². The maximum atomic E-state index is 10.2. The lowest BCUT2D eigenvalue weighted by Crippen LogP contribution is -2.51. The van der Waals surface area contributed by atoms with E-state index >= 15 is 0 Å². The molecule has 0 aromatic carbocycles. The van der Waals surface area contributed by atoms with Crippen LogP contribution < -0.4 is 0 Å². The molecule has 24 heavy (non-hydrogen) atoms. The van der Waals surface area contributed by atoms with Gasteiger partial charge in [0.15, 0.2) is 0 Å². The van der Waals surface area contributed by atoms with Gasteiger partial charge in [0, 0.05) is 5.92 Å². The molecule has 0 amide bonds. The van der Waals surface area contributed by atoms with Crippen molar-refractivity contribution in [2.75, 3.05) is 0 Å². The monoisotopic (exact) mass is 330 g/mol. The quantitative estimate of drug-likeness (QED) is 0.817. The van der Waals surface area contributed by atoms with Gasteiger partial charge in [-0.3, -0.25) is 0 Å². The van der Waals surface area contributed by atoms with Crippen molar-refractivity contribution >= 4 is 0 Å². The Balaban J connectivity index is 1.27. The van der Waals surface area contributed by atoms with Crippen LogP contribution in [0, 0.1) is 17.8 Å². The SMILES string of the molecule is On1cc(COC23CC4CC(CC(C4)C2)C3)nc1C1CCCCC1. The number of ether oxygens (including phenoxy) is 1. The second-order valence-electron chi connectivity index (χ2n) is 9.16. The van der Waals surface area contributed by atoms with Crippen LogP contribution in [0.4, 0.5) is 0 Å². The zero-order valence-electron chi connectivity index (χ0n) is 14.6. The Bertz CT molecular complexity index is 567. The van der Waals surface area contributed by atoms with Gasteiger partial charge in [-0.2, -0.15) is 4.73 Å². The molecule has 0 spiro atoms. The van der Waals surface area contributed by atoms with E-state index in [1.165, 1.54) is 62.5 Å². The number of rotatable bonds is 4. The molecule has 5 saturated carbocycles. The van der Waals surface area contributed by atoms with E-state index in [4.69, 9.17) is 9.72 Å². The lowest BCUT2D eigenvalue weighted by molar-refractivity contribution is -0.169. The molecular formula is C20H30N2O2. The Morgan fingerprint density at radius 3 is 2.29 bits per heavy atom. The highest BCUT2D eigenvalue weighted by molar-refractivity contribution is 5.08. The summed E-state index contributed by atoms with van der Waals surface area (Å²) in [6.45, 7) is 0.569. The second-order valence-corrected chi connectivity index (χ2v) is 9.16. The molecule has 5 aliphatic carbocycles. The predicted molar refractivity (Wildman–Crippen MR) is 90.9 cm³/mol. The summed E-state index contributed by atoms with van der Waals surface area (Å²) in [7, 11) is 0. The standard InChI is InChI=1S/C20H30N2O2/c23-22-12-18(21-19(22)17-4-2-1-3-5-17)13-24-20-9-14-6-15(10-20)8-16(7-14)11-20/h12,14-17,23H,1-11,13H2. The molecule has 6 rings (SSSR count). The maximum absolute atomic E-state index is 10.2. The molecule has 0 unspecified atom stereocenters. The summed E-state index contributed by atoms with van der Waals surface area (Å²) in [6, 6.07) is 0. The summed E-state index contributed by atoms with van der Waals surface area (Å²) in [5.74, 6) is 4.01. The van der Waals surface area contributed by atoms with Crippen LogP contribution in [0.2, 0.25) is 0 Å². The molecule has 0 saturated heterocycles. The first-order valence-corrected chi connectivity index (χ1v) is 10.1. The summed E-state index contributed by atoms with van der Waals surface area (Å²) >= 11 is 0. The number of imidazole rings is 1. The Hall–Kier alpha value is -1.03. The van der Waals surface area contributed by atoms with Gasteiger partial charge in [-0.05, 0) is 69.1 Å². The first-order chi connectivity index (χ1) is 11.7. The molecule has 1 aromatic rings. The second kappa shape index (κ2) is 5.76. The Morgan fingerprint density at radius 2 is 1.67 bits per heavy atom. The zero-order valence-corrected chi connectivity index (χ0v) is 14.6. The summed E-state index contributed by atoms with van der Waals surface area (Å²) in [4.78, 5) is 4.74. The third-order valence-electron chi connectivity index (χ3n) is 7.24. The molecule has 5 aliphatic rings. The number of aromatic nitrogens is 2. The fourth-order valence-corrected chi connectivity index (χ4v) is 6.58. The first kappa shape index (κ1) is 15.2. The Kier molecular flexibility index (Phi) is 3.66. The normalized spacial score (nSPS) is 38.8. The van der Waals surface area contributed by atoms with E-state index in [9.17, 15) is 5.21 Å². The van der Waals surface area contributed by atoms with E-state index in [2.05, 4.69) is 0 Å². The fraction of sp³-hybridized carbons (Fsp3) is 0.850. The Labute approximate surface area is 144 Å². The third kappa shape index (κ3) is 2.67. The third-order valence-corrected chi connectivity index (χ3v) is 7.24. The van der Waals surface area contributed by atoms with Gasteiger partial charge in [0.25, 0.3) is 0 Å². The van der Waals surface area contributed by atoms with Crippen molar-refractivity contribution < 1.29 is 9.94 Å². The highest BCUT2D eigenvalue weighted by atomic mass is 16.5. The maximum Gasteiger partial charge on any atom is 0.147 e. The van der Waals surface area contributed by atoms with Gasteiger partial charge in [0.05, 0.1) is 24.1 Å². The molecule has 4 heteroatoms. The molecule has 0 radical (unpaired) electrons. The van der Waals surface area contributed by atoms with Crippen LogP contribution in [0.5, 0.6) is 0 Å². The lowest BCUT2D eigenvalue weighted by atomic mass is 9.54. The largest absolute Gasteiger partial charge is 0.427 e. The van der Waals surface area contributed by atoms with Crippen LogP contribution in [0.15, 0.2) is 6.20 Å². The van der Waals surface area contributed by atoms with E-state index in [0.29, 0.717) is 12.5 Å². The summed E-state index contributed by atoms with van der Waals surface area (Å²) in [5, 5.41) is 10.2. The van der Waals surface area contributed by atoms with E-state index in [-0.39, 0.29) is 5.60 Å². The van der Waals surface area contributed by atoms with E-state index in [1.807, 2.05) is 0 Å². The van der Waals surface area contributed by atoms with E-state index < -0.39 is 0 Å². The summed E-state index contributed by atoms with van der Waals surface area (Å²) in [5.41, 5.74) is 1.03. The topological polar surface area (TPSA) is 47.3 Å². The molecule has 1 N–H and O–H groups in total.